The second kappa shape index (κ2) is 8.08. The number of nitrogens with zero attached hydrogens (tertiary/aromatic N) is 2. The Morgan fingerprint density at radius 2 is 1.92 bits per heavy atom. The van der Waals surface area contributed by atoms with Crippen molar-refractivity contribution in [3.05, 3.63) is 29.3 Å². The van der Waals surface area contributed by atoms with Crippen LogP contribution in [-0.4, -0.2) is 47.4 Å². The first-order chi connectivity index (χ1) is 12.4. The van der Waals surface area contributed by atoms with Gasteiger partial charge in [-0.2, -0.15) is 0 Å². The summed E-state index contributed by atoms with van der Waals surface area (Å²) in [6.07, 6.45) is 2.80. The number of benzene rings is 1. The highest BCUT2D eigenvalue weighted by Gasteiger charge is 2.38. The highest BCUT2D eigenvalue weighted by molar-refractivity contribution is 6.30. The number of likely N-dealkylation sites (tertiary alicyclic amines) is 1. The molecule has 0 saturated carbocycles. The molecule has 2 fully saturated rings. The molecule has 1 N–H and O–H groups in total. The lowest BCUT2D eigenvalue weighted by atomic mass is 9.92. The van der Waals surface area contributed by atoms with Crippen LogP contribution in [0, 0.1) is 11.8 Å². The Hall–Kier alpha value is -2.08. The Balaban J connectivity index is 1.60. The number of halogens is 1. The Bertz CT molecular complexity index is 691. The molecule has 3 rings (SSSR count). The summed E-state index contributed by atoms with van der Waals surface area (Å²) in [4.78, 5) is 39.5. The first kappa shape index (κ1) is 18.7. The third-order valence-electron chi connectivity index (χ3n) is 5.21. The number of hydrogen-bond donors (Lipinski definition) is 1. The molecule has 1 aromatic carbocycles. The number of carbonyl (C=O) groups is 3. The van der Waals surface area contributed by atoms with E-state index in [4.69, 9.17) is 16.7 Å². The third kappa shape index (κ3) is 4.36. The molecule has 1 aromatic rings. The van der Waals surface area contributed by atoms with Crippen molar-refractivity contribution in [2.75, 3.05) is 24.5 Å². The van der Waals surface area contributed by atoms with Gasteiger partial charge < -0.3 is 14.9 Å². The molecule has 0 bridgehead atoms. The van der Waals surface area contributed by atoms with Crippen LogP contribution in [0.2, 0.25) is 5.02 Å². The largest absolute Gasteiger partial charge is 0.481 e. The number of aliphatic carboxylic acids is 1. The number of carbonyl (C=O) groups excluding carboxylic acids is 2. The summed E-state index contributed by atoms with van der Waals surface area (Å²) >= 11 is 5.89. The molecule has 2 atom stereocenters. The Morgan fingerprint density at radius 3 is 2.62 bits per heavy atom. The number of hydrogen-bond acceptors (Lipinski definition) is 3. The van der Waals surface area contributed by atoms with Crippen LogP contribution < -0.4 is 4.90 Å². The van der Waals surface area contributed by atoms with Gasteiger partial charge in [0.1, 0.15) is 0 Å². The summed E-state index contributed by atoms with van der Waals surface area (Å²) in [7, 11) is 0. The molecule has 26 heavy (non-hydrogen) atoms. The van der Waals surface area contributed by atoms with Crippen LogP contribution in [0.3, 0.4) is 0 Å². The van der Waals surface area contributed by atoms with Gasteiger partial charge in [-0.25, -0.2) is 0 Å². The average Bonchev–Trinajstić information content (AvgIpc) is 3.02. The van der Waals surface area contributed by atoms with Crippen molar-refractivity contribution in [3.8, 4) is 0 Å². The zero-order valence-electron chi connectivity index (χ0n) is 14.6. The molecule has 0 aromatic heterocycles. The fraction of sp³-hybridized carbons (Fsp3) is 0.526. The van der Waals surface area contributed by atoms with Gasteiger partial charge in [-0.1, -0.05) is 11.6 Å². The predicted molar refractivity (Wildman–Crippen MR) is 98.1 cm³/mol. The van der Waals surface area contributed by atoms with Gasteiger partial charge >= 0.3 is 5.97 Å². The molecule has 2 heterocycles. The molecule has 0 aliphatic carbocycles. The van der Waals surface area contributed by atoms with Crippen LogP contribution in [0.4, 0.5) is 5.69 Å². The predicted octanol–water partition coefficient (Wildman–Crippen LogP) is 2.80. The van der Waals surface area contributed by atoms with Crippen LogP contribution in [0.25, 0.3) is 0 Å². The maximum absolute atomic E-state index is 12.9. The van der Waals surface area contributed by atoms with E-state index in [1.807, 2.05) is 4.90 Å². The fourth-order valence-electron chi connectivity index (χ4n) is 3.83. The van der Waals surface area contributed by atoms with Crippen molar-refractivity contribution in [2.45, 2.75) is 32.1 Å². The van der Waals surface area contributed by atoms with Gasteiger partial charge in [-0.3, -0.25) is 14.4 Å². The maximum atomic E-state index is 12.9. The lowest BCUT2D eigenvalue weighted by molar-refractivity contribution is -0.138. The van der Waals surface area contributed by atoms with Gasteiger partial charge in [0.25, 0.3) is 0 Å². The van der Waals surface area contributed by atoms with E-state index < -0.39 is 5.97 Å². The van der Waals surface area contributed by atoms with E-state index in [-0.39, 0.29) is 36.5 Å². The zero-order chi connectivity index (χ0) is 18.7. The smallest absolute Gasteiger partial charge is 0.303 e. The topological polar surface area (TPSA) is 77.9 Å². The van der Waals surface area contributed by atoms with Gasteiger partial charge in [0.05, 0.1) is 5.92 Å². The molecule has 6 nitrogen and oxygen atoms in total. The normalized spacial score (nSPS) is 23.3. The molecule has 7 heteroatoms. The molecular weight excluding hydrogens is 356 g/mol. The molecule has 2 amide bonds. The Kier molecular flexibility index (Phi) is 5.81. The van der Waals surface area contributed by atoms with E-state index in [1.54, 1.807) is 29.2 Å². The summed E-state index contributed by atoms with van der Waals surface area (Å²) in [5, 5.41) is 9.45. The minimum absolute atomic E-state index is 0.00911. The van der Waals surface area contributed by atoms with E-state index >= 15 is 0 Å². The van der Waals surface area contributed by atoms with Gasteiger partial charge in [0.15, 0.2) is 0 Å². The Labute approximate surface area is 157 Å². The second-order valence-corrected chi connectivity index (χ2v) is 7.54. The SMILES string of the molecule is O=C(O)CCC1CCCN(C(=O)C2CC(=O)N(c3ccc(Cl)cc3)C2)C1. The maximum Gasteiger partial charge on any atom is 0.303 e. The summed E-state index contributed by atoms with van der Waals surface area (Å²) in [6, 6.07) is 7.04. The number of amides is 2. The van der Waals surface area contributed by atoms with Crippen LogP contribution in [0.5, 0.6) is 0 Å². The Morgan fingerprint density at radius 1 is 1.19 bits per heavy atom. The standard InChI is InChI=1S/C19H23ClN2O4/c20-15-4-6-16(7-5-15)22-12-14(10-17(22)23)19(26)21-9-1-2-13(11-21)3-8-18(24)25/h4-7,13-14H,1-3,8-12H2,(H,24,25). The highest BCUT2D eigenvalue weighted by atomic mass is 35.5. The lowest BCUT2D eigenvalue weighted by Gasteiger charge is -2.34. The van der Waals surface area contributed by atoms with Gasteiger partial charge in [0, 0.05) is 43.2 Å². The summed E-state index contributed by atoms with van der Waals surface area (Å²) in [6.45, 7) is 1.67. The van der Waals surface area contributed by atoms with Crippen molar-refractivity contribution >= 4 is 35.1 Å². The van der Waals surface area contributed by atoms with Crippen molar-refractivity contribution in [1.82, 2.24) is 4.90 Å². The molecule has 2 aliphatic heterocycles. The highest BCUT2D eigenvalue weighted by Crippen LogP contribution is 2.29. The van der Waals surface area contributed by atoms with Crippen molar-refractivity contribution in [3.63, 3.8) is 0 Å². The van der Waals surface area contributed by atoms with Gasteiger partial charge in [0.2, 0.25) is 11.8 Å². The third-order valence-corrected chi connectivity index (χ3v) is 5.46. The molecule has 2 saturated heterocycles. The molecule has 0 spiro atoms. The number of anilines is 1. The van der Waals surface area contributed by atoms with Crippen molar-refractivity contribution in [1.29, 1.82) is 0 Å². The quantitative estimate of drug-likeness (QED) is 0.854. The van der Waals surface area contributed by atoms with Gasteiger partial charge in [-0.15, -0.1) is 0 Å². The monoisotopic (exact) mass is 378 g/mol. The van der Waals surface area contributed by atoms with Crippen LogP contribution in [0.1, 0.15) is 32.1 Å². The minimum atomic E-state index is -0.798. The zero-order valence-corrected chi connectivity index (χ0v) is 15.3. The summed E-state index contributed by atoms with van der Waals surface area (Å²) < 4.78 is 0. The van der Waals surface area contributed by atoms with Crippen molar-refractivity contribution < 1.29 is 19.5 Å². The van der Waals surface area contributed by atoms with Crippen molar-refractivity contribution in [2.24, 2.45) is 11.8 Å². The number of carboxylic acids is 1. The molecule has 140 valence electrons. The van der Waals surface area contributed by atoms with E-state index in [0.717, 1.165) is 18.5 Å². The minimum Gasteiger partial charge on any atom is -0.481 e. The van der Waals surface area contributed by atoms with E-state index in [1.165, 1.54) is 0 Å². The molecule has 2 unspecified atom stereocenters. The number of rotatable bonds is 5. The number of piperidine rings is 1. The van der Waals surface area contributed by atoms with E-state index in [0.29, 0.717) is 31.1 Å². The van der Waals surface area contributed by atoms with Gasteiger partial charge in [-0.05, 0) is 49.4 Å². The van der Waals surface area contributed by atoms with E-state index in [2.05, 4.69) is 0 Å². The number of carboxylic acid groups (broad SMARTS) is 1. The second-order valence-electron chi connectivity index (χ2n) is 7.11. The molecule has 2 aliphatic rings. The lowest BCUT2D eigenvalue weighted by Crippen LogP contribution is -2.43. The van der Waals surface area contributed by atoms with Crippen LogP contribution >= 0.6 is 11.6 Å². The average molecular weight is 379 g/mol. The fourth-order valence-corrected chi connectivity index (χ4v) is 3.96. The summed E-state index contributed by atoms with van der Waals surface area (Å²) in [5.74, 6) is -0.946. The van der Waals surface area contributed by atoms with E-state index in [9.17, 15) is 14.4 Å². The molecular formula is C19H23ClN2O4. The van der Waals surface area contributed by atoms with Crippen LogP contribution in [-0.2, 0) is 14.4 Å². The first-order valence-electron chi connectivity index (χ1n) is 9.00. The first-order valence-corrected chi connectivity index (χ1v) is 9.38. The summed E-state index contributed by atoms with van der Waals surface area (Å²) in [5.41, 5.74) is 0.757. The molecule has 0 radical (unpaired) electrons. The van der Waals surface area contributed by atoms with Crippen LogP contribution in [0.15, 0.2) is 24.3 Å².